The molecular formula is C9H16FNO2. The van der Waals surface area contributed by atoms with E-state index in [0.29, 0.717) is 25.7 Å². The zero-order valence-electron chi connectivity index (χ0n) is 7.88. The van der Waals surface area contributed by atoms with Crippen LogP contribution in [0.25, 0.3) is 0 Å². The van der Waals surface area contributed by atoms with Crippen LogP contribution < -0.4 is 5.73 Å². The van der Waals surface area contributed by atoms with Crippen molar-refractivity contribution in [2.75, 3.05) is 13.7 Å². The van der Waals surface area contributed by atoms with E-state index in [1.54, 1.807) is 0 Å². The third-order valence-electron chi connectivity index (χ3n) is 2.78. The van der Waals surface area contributed by atoms with Crippen molar-refractivity contribution in [1.29, 1.82) is 0 Å². The van der Waals surface area contributed by atoms with Gasteiger partial charge in [-0.15, -0.1) is 0 Å². The molecule has 0 aromatic heterocycles. The molecule has 1 rings (SSSR count). The maximum absolute atomic E-state index is 13.6. The van der Waals surface area contributed by atoms with Crippen LogP contribution in [0.3, 0.4) is 0 Å². The molecule has 0 saturated heterocycles. The lowest BCUT2D eigenvalue weighted by atomic mass is 9.80. The topological polar surface area (TPSA) is 52.3 Å². The number of alkyl halides is 1. The Labute approximate surface area is 77.4 Å². The predicted octanol–water partition coefficient (Wildman–Crippen LogP) is 1.02. The maximum Gasteiger partial charge on any atom is 0.308 e. The van der Waals surface area contributed by atoms with Crippen molar-refractivity contribution >= 4 is 5.97 Å². The first-order valence-corrected chi connectivity index (χ1v) is 4.58. The van der Waals surface area contributed by atoms with Gasteiger partial charge in [0, 0.05) is 6.54 Å². The van der Waals surface area contributed by atoms with E-state index in [1.807, 2.05) is 0 Å². The van der Waals surface area contributed by atoms with E-state index in [2.05, 4.69) is 4.74 Å². The fraction of sp³-hybridized carbons (Fsp3) is 0.889. The first-order chi connectivity index (χ1) is 6.11. The number of rotatable bonds is 2. The third kappa shape index (κ3) is 2.40. The number of carbonyl (C=O) groups excluding carboxylic acids is 1. The summed E-state index contributed by atoms with van der Waals surface area (Å²) in [7, 11) is 1.36. The number of halogens is 1. The van der Waals surface area contributed by atoms with Gasteiger partial charge < -0.3 is 10.5 Å². The van der Waals surface area contributed by atoms with E-state index >= 15 is 0 Å². The summed E-state index contributed by atoms with van der Waals surface area (Å²) in [5, 5.41) is 0. The minimum atomic E-state index is -1.25. The molecule has 0 amide bonds. The lowest BCUT2D eigenvalue weighted by molar-refractivity contribution is -0.147. The molecule has 0 aromatic rings. The average molecular weight is 189 g/mol. The summed E-state index contributed by atoms with van der Waals surface area (Å²) in [5.74, 6) is -0.348. The second-order valence-corrected chi connectivity index (χ2v) is 3.65. The Balaban J connectivity index is 2.43. The third-order valence-corrected chi connectivity index (χ3v) is 2.78. The first kappa shape index (κ1) is 10.4. The van der Waals surface area contributed by atoms with Crippen LogP contribution in [0.2, 0.25) is 0 Å². The molecule has 0 aliphatic heterocycles. The number of methoxy groups -OCH3 is 1. The normalized spacial score (nSPS) is 34.2. The summed E-state index contributed by atoms with van der Waals surface area (Å²) in [5.41, 5.74) is 4.05. The van der Waals surface area contributed by atoms with Gasteiger partial charge in [-0.1, -0.05) is 0 Å². The molecule has 13 heavy (non-hydrogen) atoms. The molecule has 0 heterocycles. The number of nitrogens with two attached hydrogens (primary N) is 1. The van der Waals surface area contributed by atoms with Gasteiger partial charge in [0.2, 0.25) is 0 Å². The second-order valence-electron chi connectivity index (χ2n) is 3.65. The zero-order chi connectivity index (χ0) is 9.90. The van der Waals surface area contributed by atoms with Crippen LogP contribution in [-0.4, -0.2) is 25.3 Å². The van der Waals surface area contributed by atoms with Gasteiger partial charge in [-0.2, -0.15) is 0 Å². The van der Waals surface area contributed by atoms with Gasteiger partial charge in [0.05, 0.1) is 13.0 Å². The number of carbonyl (C=O) groups is 1. The fourth-order valence-corrected chi connectivity index (χ4v) is 1.74. The molecule has 0 spiro atoms. The minimum Gasteiger partial charge on any atom is -0.469 e. The van der Waals surface area contributed by atoms with Crippen LogP contribution >= 0.6 is 0 Å². The first-order valence-electron chi connectivity index (χ1n) is 4.58. The highest BCUT2D eigenvalue weighted by atomic mass is 19.1. The van der Waals surface area contributed by atoms with Gasteiger partial charge in [0.1, 0.15) is 5.67 Å². The second kappa shape index (κ2) is 4.05. The molecule has 0 atom stereocenters. The molecule has 0 unspecified atom stereocenters. The van der Waals surface area contributed by atoms with Gasteiger partial charge >= 0.3 is 5.97 Å². The minimum absolute atomic E-state index is 0.0564. The van der Waals surface area contributed by atoms with Gasteiger partial charge in [-0.05, 0) is 25.7 Å². The quantitative estimate of drug-likeness (QED) is 0.660. The van der Waals surface area contributed by atoms with Crippen LogP contribution in [0.15, 0.2) is 0 Å². The van der Waals surface area contributed by atoms with Crippen LogP contribution in [0.5, 0.6) is 0 Å². The van der Waals surface area contributed by atoms with E-state index in [-0.39, 0.29) is 18.4 Å². The summed E-state index contributed by atoms with van der Waals surface area (Å²) in [6.45, 7) is 0.0564. The molecule has 3 nitrogen and oxygen atoms in total. The summed E-state index contributed by atoms with van der Waals surface area (Å²) < 4.78 is 18.2. The van der Waals surface area contributed by atoms with Gasteiger partial charge in [-0.3, -0.25) is 4.79 Å². The summed E-state index contributed by atoms with van der Waals surface area (Å²) >= 11 is 0. The van der Waals surface area contributed by atoms with Crippen molar-refractivity contribution < 1.29 is 13.9 Å². The van der Waals surface area contributed by atoms with Gasteiger partial charge in [0.25, 0.3) is 0 Å². The largest absolute Gasteiger partial charge is 0.469 e. The standard InChI is InChI=1S/C9H16FNO2/c1-13-8(12)7-2-4-9(10,6-11)5-3-7/h7H,2-6,11H2,1H3. The van der Waals surface area contributed by atoms with Crippen molar-refractivity contribution in [2.24, 2.45) is 11.7 Å². The van der Waals surface area contributed by atoms with Crippen molar-refractivity contribution in [2.45, 2.75) is 31.4 Å². The highest BCUT2D eigenvalue weighted by Crippen LogP contribution is 2.34. The van der Waals surface area contributed by atoms with Crippen LogP contribution in [-0.2, 0) is 9.53 Å². The molecule has 0 bridgehead atoms. The summed E-state index contributed by atoms with van der Waals surface area (Å²) in [6, 6.07) is 0. The van der Waals surface area contributed by atoms with Crippen LogP contribution in [0.1, 0.15) is 25.7 Å². The average Bonchev–Trinajstić information content (AvgIpc) is 2.18. The molecule has 1 saturated carbocycles. The van der Waals surface area contributed by atoms with Crippen LogP contribution in [0.4, 0.5) is 4.39 Å². The van der Waals surface area contributed by atoms with E-state index in [4.69, 9.17) is 5.73 Å². The van der Waals surface area contributed by atoms with Crippen molar-refractivity contribution in [3.63, 3.8) is 0 Å². The molecule has 1 aliphatic carbocycles. The Morgan fingerprint density at radius 2 is 2.15 bits per heavy atom. The van der Waals surface area contributed by atoms with Gasteiger partial charge in [-0.25, -0.2) is 4.39 Å². The molecular weight excluding hydrogens is 173 g/mol. The Bertz CT molecular complexity index is 188. The van der Waals surface area contributed by atoms with Crippen LogP contribution in [0, 0.1) is 5.92 Å². The summed E-state index contributed by atoms with van der Waals surface area (Å²) in [6.07, 6.45) is 1.87. The molecule has 76 valence electrons. The van der Waals surface area contributed by atoms with Crippen molar-refractivity contribution in [3.05, 3.63) is 0 Å². The SMILES string of the molecule is COC(=O)C1CCC(F)(CN)CC1. The van der Waals surface area contributed by atoms with E-state index < -0.39 is 5.67 Å². The molecule has 1 aliphatic rings. The number of hydrogen-bond donors (Lipinski definition) is 1. The number of ether oxygens (including phenoxy) is 1. The molecule has 2 N–H and O–H groups in total. The monoisotopic (exact) mass is 189 g/mol. The molecule has 1 fully saturated rings. The lowest BCUT2D eigenvalue weighted by Gasteiger charge is -2.31. The maximum atomic E-state index is 13.6. The Kier molecular flexibility index (Phi) is 3.25. The van der Waals surface area contributed by atoms with E-state index in [0.717, 1.165) is 0 Å². The highest BCUT2D eigenvalue weighted by Gasteiger charge is 2.36. The molecule has 0 radical (unpaired) electrons. The molecule has 4 heteroatoms. The van der Waals surface area contributed by atoms with Gasteiger partial charge in [0.15, 0.2) is 0 Å². The smallest absolute Gasteiger partial charge is 0.308 e. The lowest BCUT2D eigenvalue weighted by Crippen LogP contribution is -2.38. The zero-order valence-corrected chi connectivity index (χ0v) is 7.88. The van der Waals surface area contributed by atoms with Crippen molar-refractivity contribution in [1.82, 2.24) is 0 Å². The predicted molar refractivity (Wildman–Crippen MR) is 46.9 cm³/mol. The van der Waals surface area contributed by atoms with E-state index in [1.165, 1.54) is 7.11 Å². The Hall–Kier alpha value is -0.640. The fourth-order valence-electron chi connectivity index (χ4n) is 1.74. The summed E-state index contributed by atoms with van der Waals surface area (Å²) in [4.78, 5) is 11.1. The Morgan fingerprint density at radius 1 is 1.62 bits per heavy atom. The van der Waals surface area contributed by atoms with E-state index in [9.17, 15) is 9.18 Å². The molecule has 0 aromatic carbocycles. The highest BCUT2D eigenvalue weighted by molar-refractivity contribution is 5.72. The number of esters is 1. The number of hydrogen-bond acceptors (Lipinski definition) is 3. The van der Waals surface area contributed by atoms with Crippen molar-refractivity contribution in [3.8, 4) is 0 Å². The Morgan fingerprint density at radius 3 is 2.54 bits per heavy atom.